The zero-order valence-corrected chi connectivity index (χ0v) is 30.6. The summed E-state index contributed by atoms with van der Waals surface area (Å²) >= 11 is 1.89. The maximum absolute atomic E-state index is 6.27. The van der Waals surface area contributed by atoms with Crippen LogP contribution in [-0.4, -0.2) is 0 Å². The van der Waals surface area contributed by atoms with E-state index in [0.29, 0.717) is 0 Å². The zero-order valence-electron chi connectivity index (χ0n) is 29.8. The van der Waals surface area contributed by atoms with Gasteiger partial charge in [-0.05, 0) is 105 Å². The molecule has 0 saturated heterocycles. The molecule has 0 amide bonds. The Hall–Kier alpha value is -6.94. The highest BCUT2D eigenvalue weighted by Crippen LogP contribution is 2.43. The zero-order chi connectivity index (χ0) is 36.3. The molecule has 0 unspecified atom stereocenters. The number of rotatable bonds is 6. The van der Waals surface area contributed by atoms with E-state index >= 15 is 0 Å². The lowest BCUT2D eigenvalue weighted by molar-refractivity contribution is 0.669. The van der Waals surface area contributed by atoms with Gasteiger partial charge in [-0.15, -0.1) is 11.3 Å². The Morgan fingerprint density at radius 2 is 1.00 bits per heavy atom. The van der Waals surface area contributed by atoms with E-state index in [1.807, 2.05) is 23.5 Å². The molecule has 11 aromatic rings. The maximum Gasteiger partial charge on any atom is 0.136 e. The number of thiophene rings is 1. The van der Waals surface area contributed by atoms with Crippen molar-refractivity contribution < 1.29 is 4.42 Å². The third kappa shape index (κ3) is 5.40. The molecule has 9 aromatic carbocycles. The van der Waals surface area contributed by atoms with E-state index in [-0.39, 0.29) is 0 Å². The van der Waals surface area contributed by atoms with Gasteiger partial charge < -0.3 is 9.32 Å². The summed E-state index contributed by atoms with van der Waals surface area (Å²) in [4.78, 5) is 2.36. The minimum Gasteiger partial charge on any atom is -0.456 e. The van der Waals surface area contributed by atoms with Gasteiger partial charge in [-0.3, -0.25) is 0 Å². The number of fused-ring (bicyclic) bond motifs is 8. The van der Waals surface area contributed by atoms with Crippen molar-refractivity contribution in [1.29, 1.82) is 0 Å². The highest BCUT2D eigenvalue weighted by molar-refractivity contribution is 7.26. The van der Waals surface area contributed by atoms with Crippen LogP contribution < -0.4 is 4.90 Å². The maximum atomic E-state index is 6.27. The van der Waals surface area contributed by atoms with Gasteiger partial charge in [-0.1, -0.05) is 140 Å². The summed E-state index contributed by atoms with van der Waals surface area (Å²) in [7, 11) is 0. The Balaban J connectivity index is 1.01. The minimum absolute atomic E-state index is 0.898. The number of anilines is 3. The number of nitrogens with zero attached hydrogens (tertiary/aromatic N) is 1. The Labute approximate surface area is 322 Å². The molecule has 0 N–H and O–H groups in total. The van der Waals surface area contributed by atoms with Gasteiger partial charge >= 0.3 is 0 Å². The molecule has 2 aromatic heterocycles. The third-order valence-corrected chi connectivity index (χ3v) is 12.1. The lowest BCUT2D eigenvalue weighted by Gasteiger charge is -2.26. The molecule has 0 spiro atoms. The molecule has 0 aliphatic heterocycles. The molecule has 3 heteroatoms. The van der Waals surface area contributed by atoms with Crippen molar-refractivity contribution in [3.05, 3.63) is 200 Å². The first-order valence-corrected chi connectivity index (χ1v) is 19.5. The second-order valence-electron chi connectivity index (χ2n) is 14.1. The molecule has 2 nitrogen and oxygen atoms in total. The number of hydrogen-bond acceptors (Lipinski definition) is 3. The van der Waals surface area contributed by atoms with Crippen molar-refractivity contribution in [3.63, 3.8) is 0 Å². The van der Waals surface area contributed by atoms with Crippen molar-refractivity contribution >= 4 is 81.3 Å². The fraction of sp³-hybridized carbons (Fsp3) is 0. The van der Waals surface area contributed by atoms with Gasteiger partial charge in [0.25, 0.3) is 0 Å². The second-order valence-corrected chi connectivity index (χ2v) is 15.2. The fourth-order valence-electron chi connectivity index (χ4n) is 8.20. The van der Waals surface area contributed by atoms with Crippen LogP contribution >= 0.6 is 11.3 Å². The van der Waals surface area contributed by atoms with Gasteiger partial charge in [-0.25, -0.2) is 0 Å². The number of benzene rings is 9. The first-order chi connectivity index (χ1) is 27.2. The summed E-state index contributed by atoms with van der Waals surface area (Å²) in [6, 6.07) is 72.1. The van der Waals surface area contributed by atoms with Crippen molar-refractivity contribution in [1.82, 2.24) is 0 Å². The van der Waals surface area contributed by atoms with Gasteiger partial charge in [0.2, 0.25) is 0 Å². The van der Waals surface area contributed by atoms with Crippen LogP contribution in [0.5, 0.6) is 0 Å². The van der Waals surface area contributed by atoms with Crippen LogP contribution in [0.25, 0.3) is 86.3 Å². The molecule has 0 atom stereocenters. The largest absolute Gasteiger partial charge is 0.456 e. The Kier molecular flexibility index (Phi) is 7.39. The Morgan fingerprint density at radius 1 is 0.364 bits per heavy atom. The summed E-state index contributed by atoms with van der Waals surface area (Å²) in [5, 5.41) is 7.51. The average Bonchev–Trinajstić information content (AvgIpc) is 3.83. The van der Waals surface area contributed by atoms with Crippen molar-refractivity contribution in [2.75, 3.05) is 4.90 Å². The van der Waals surface area contributed by atoms with Crippen LogP contribution in [0, 0.1) is 0 Å². The van der Waals surface area contributed by atoms with E-state index in [1.54, 1.807) is 0 Å². The fourth-order valence-corrected chi connectivity index (χ4v) is 9.41. The summed E-state index contributed by atoms with van der Waals surface area (Å²) in [5.41, 5.74) is 12.2. The van der Waals surface area contributed by atoms with E-state index in [4.69, 9.17) is 4.42 Å². The monoisotopic (exact) mass is 719 g/mol. The molecule has 0 fully saturated rings. The Morgan fingerprint density at radius 3 is 1.82 bits per heavy atom. The molecule has 2 heterocycles. The summed E-state index contributed by atoms with van der Waals surface area (Å²) < 4.78 is 8.94. The average molecular weight is 720 g/mol. The summed E-state index contributed by atoms with van der Waals surface area (Å²) in [6.45, 7) is 0. The topological polar surface area (TPSA) is 16.4 Å². The Bertz CT molecular complexity index is 3190. The minimum atomic E-state index is 0.898. The van der Waals surface area contributed by atoms with E-state index in [2.05, 4.69) is 193 Å². The quantitative estimate of drug-likeness (QED) is 0.170. The van der Waals surface area contributed by atoms with Crippen molar-refractivity contribution in [3.8, 4) is 33.4 Å². The highest BCUT2D eigenvalue weighted by Gasteiger charge is 2.17. The number of furan rings is 1. The van der Waals surface area contributed by atoms with Gasteiger partial charge in [0.1, 0.15) is 11.2 Å². The molecule has 0 aliphatic carbocycles. The summed E-state index contributed by atoms with van der Waals surface area (Å²) in [6.07, 6.45) is 0. The second kappa shape index (κ2) is 12.9. The van der Waals surface area contributed by atoms with Crippen LogP contribution in [0.15, 0.2) is 205 Å². The molecule has 0 aliphatic rings. The molecular formula is C52H33NOS. The predicted octanol–water partition coefficient (Wildman–Crippen LogP) is 15.6. The van der Waals surface area contributed by atoms with Crippen molar-refractivity contribution in [2.24, 2.45) is 0 Å². The smallest absolute Gasteiger partial charge is 0.136 e. The van der Waals surface area contributed by atoms with Gasteiger partial charge in [0, 0.05) is 48.0 Å². The first kappa shape index (κ1) is 31.6. The predicted molar refractivity (Wildman–Crippen MR) is 235 cm³/mol. The van der Waals surface area contributed by atoms with Gasteiger partial charge in [-0.2, -0.15) is 0 Å². The lowest BCUT2D eigenvalue weighted by atomic mass is 9.98. The van der Waals surface area contributed by atoms with Crippen LogP contribution in [0.2, 0.25) is 0 Å². The normalized spacial score (nSPS) is 11.6. The standard InChI is InChI=1S/C52H33NOS/c1-2-10-34(11-3-1)35-20-26-40(27-21-35)53(42-14-8-13-39(32-42)43-17-9-19-49-51(43)46-16-6-7-18-48(46)54-49)41-28-22-36(23-29-41)38-25-31-50-47(33-38)45-30-24-37-12-4-5-15-44(37)52(45)55-50/h1-33H. The van der Waals surface area contributed by atoms with E-state index in [1.165, 1.54) is 53.2 Å². The molecule has 0 bridgehead atoms. The van der Waals surface area contributed by atoms with E-state index in [0.717, 1.165) is 50.1 Å². The molecule has 0 radical (unpaired) electrons. The lowest BCUT2D eigenvalue weighted by Crippen LogP contribution is -2.10. The van der Waals surface area contributed by atoms with Crippen molar-refractivity contribution in [2.45, 2.75) is 0 Å². The van der Waals surface area contributed by atoms with E-state index in [9.17, 15) is 0 Å². The first-order valence-electron chi connectivity index (χ1n) is 18.7. The molecule has 258 valence electrons. The SMILES string of the molecule is c1ccc(-c2ccc(N(c3ccc(-c4ccc5sc6c7ccccc7ccc6c5c4)cc3)c3cccc(-c4cccc5oc6ccccc6c45)c3)cc2)cc1. The highest BCUT2D eigenvalue weighted by atomic mass is 32.1. The van der Waals surface area contributed by atoms with Gasteiger partial charge in [0.05, 0.1) is 0 Å². The molecule has 11 rings (SSSR count). The van der Waals surface area contributed by atoms with Gasteiger partial charge in [0.15, 0.2) is 0 Å². The van der Waals surface area contributed by atoms with E-state index < -0.39 is 0 Å². The number of hydrogen-bond donors (Lipinski definition) is 0. The summed E-state index contributed by atoms with van der Waals surface area (Å²) in [5.74, 6) is 0. The number of para-hydroxylation sites is 1. The van der Waals surface area contributed by atoms with Crippen LogP contribution in [-0.2, 0) is 0 Å². The van der Waals surface area contributed by atoms with Crippen LogP contribution in [0.3, 0.4) is 0 Å². The van der Waals surface area contributed by atoms with Crippen LogP contribution in [0.1, 0.15) is 0 Å². The molecular weight excluding hydrogens is 687 g/mol. The third-order valence-electron chi connectivity index (χ3n) is 10.9. The molecule has 55 heavy (non-hydrogen) atoms. The van der Waals surface area contributed by atoms with Crippen LogP contribution in [0.4, 0.5) is 17.1 Å². The molecule has 0 saturated carbocycles.